The fraction of sp³-hybridized carbons (Fsp3) is 0.750. The molecule has 106 valence electrons. The molecule has 5 nitrogen and oxygen atoms in total. The summed E-state index contributed by atoms with van der Waals surface area (Å²) >= 11 is 2.73. The quantitative estimate of drug-likeness (QED) is 0.834. The summed E-state index contributed by atoms with van der Waals surface area (Å²) in [5.74, 6) is 0.657. The predicted molar refractivity (Wildman–Crippen MR) is 79.2 cm³/mol. The summed E-state index contributed by atoms with van der Waals surface area (Å²) < 4.78 is 0.747. The van der Waals surface area contributed by atoms with E-state index in [9.17, 15) is 4.79 Å². The zero-order valence-corrected chi connectivity index (χ0v) is 12.9. The number of hydrogen-bond acceptors (Lipinski definition) is 6. The van der Waals surface area contributed by atoms with Crippen LogP contribution in [-0.2, 0) is 4.79 Å². The maximum absolute atomic E-state index is 12.2. The Morgan fingerprint density at radius 3 is 2.84 bits per heavy atom. The van der Waals surface area contributed by atoms with Gasteiger partial charge in [0, 0.05) is 6.04 Å². The summed E-state index contributed by atoms with van der Waals surface area (Å²) in [7, 11) is 0. The molecular formula is C12H20N4OS2. The van der Waals surface area contributed by atoms with Crippen LogP contribution < -0.4 is 11.1 Å². The van der Waals surface area contributed by atoms with Crippen LogP contribution >= 0.6 is 23.1 Å². The summed E-state index contributed by atoms with van der Waals surface area (Å²) in [4.78, 5) is 12.2. The molecule has 7 heteroatoms. The van der Waals surface area contributed by atoms with Crippen molar-refractivity contribution in [1.29, 1.82) is 0 Å². The number of aromatic nitrogens is 2. The van der Waals surface area contributed by atoms with Crippen LogP contribution in [0.2, 0.25) is 0 Å². The zero-order chi connectivity index (χ0) is 13.8. The van der Waals surface area contributed by atoms with Crippen LogP contribution in [0.1, 0.15) is 39.5 Å². The molecule has 1 aliphatic carbocycles. The number of nitrogens with one attached hydrogen (secondary N) is 1. The summed E-state index contributed by atoms with van der Waals surface area (Å²) in [5, 5.41) is 11.1. The number of rotatable bonds is 4. The van der Waals surface area contributed by atoms with Crippen LogP contribution in [0.15, 0.2) is 4.34 Å². The second-order valence-electron chi connectivity index (χ2n) is 5.04. The van der Waals surface area contributed by atoms with Crippen molar-refractivity contribution in [3.63, 3.8) is 0 Å². The topological polar surface area (TPSA) is 80.9 Å². The van der Waals surface area contributed by atoms with Gasteiger partial charge in [0.15, 0.2) is 4.34 Å². The van der Waals surface area contributed by atoms with Gasteiger partial charge >= 0.3 is 0 Å². The number of thioether (sulfide) groups is 1. The molecule has 0 unspecified atom stereocenters. The Balaban J connectivity index is 1.85. The molecule has 1 aromatic heterocycles. The molecule has 1 fully saturated rings. The Morgan fingerprint density at radius 1 is 1.47 bits per heavy atom. The Bertz CT molecular complexity index is 437. The van der Waals surface area contributed by atoms with E-state index in [2.05, 4.69) is 22.4 Å². The number of nitrogens with two attached hydrogens (primary N) is 1. The first-order chi connectivity index (χ1) is 9.06. The Kier molecular flexibility index (Phi) is 5.04. The first-order valence-electron chi connectivity index (χ1n) is 6.62. The van der Waals surface area contributed by atoms with Gasteiger partial charge in [-0.15, -0.1) is 10.2 Å². The Hall–Kier alpha value is -0.820. The van der Waals surface area contributed by atoms with Gasteiger partial charge in [0.25, 0.3) is 0 Å². The highest BCUT2D eigenvalue weighted by molar-refractivity contribution is 8.02. The van der Waals surface area contributed by atoms with E-state index in [4.69, 9.17) is 5.73 Å². The molecule has 1 heterocycles. The van der Waals surface area contributed by atoms with Gasteiger partial charge < -0.3 is 11.1 Å². The van der Waals surface area contributed by atoms with Crippen molar-refractivity contribution < 1.29 is 4.79 Å². The average Bonchev–Trinajstić information content (AvgIpc) is 2.77. The van der Waals surface area contributed by atoms with Gasteiger partial charge in [0.2, 0.25) is 11.0 Å². The molecule has 1 aromatic rings. The number of nitrogens with zero attached hydrogens (tertiary/aromatic N) is 2. The lowest BCUT2D eigenvalue weighted by atomic mass is 9.86. The van der Waals surface area contributed by atoms with Gasteiger partial charge in [-0.3, -0.25) is 4.79 Å². The molecule has 1 amide bonds. The average molecular weight is 300 g/mol. The first kappa shape index (κ1) is 14.6. The maximum atomic E-state index is 12.2. The number of amides is 1. The van der Waals surface area contributed by atoms with E-state index in [-0.39, 0.29) is 11.2 Å². The third-order valence-corrected chi connectivity index (χ3v) is 5.44. The minimum absolute atomic E-state index is 0.0810. The van der Waals surface area contributed by atoms with Crippen molar-refractivity contribution in [3.05, 3.63) is 0 Å². The zero-order valence-electron chi connectivity index (χ0n) is 11.3. The van der Waals surface area contributed by atoms with Crippen molar-refractivity contribution >= 4 is 34.1 Å². The summed E-state index contributed by atoms with van der Waals surface area (Å²) in [6.45, 7) is 4.11. The van der Waals surface area contributed by atoms with E-state index in [0.717, 1.165) is 10.8 Å². The van der Waals surface area contributed by atoms with E-state index in [1.165, 1.54) is 42.4 Å². The molecule has 0 aromatic carbocycles. The lowest BCUT2D eigenvalue weighted by Crippen LogP contribution is -2.44. The van der Waals surface area contributed by atoms with E-state index >= 15 is 0 Å². The van der Waals surface area contributed by atoms with Gasteiger partial charge in [-0.2, -0.15) is 0 Å². The highest BCUT2D eigenvalue weighted by Crippen LogP contribution is 2.28. The lowest BCUT2D eigenvalue weighted by molar-refractivity contribution is -0.121. The molecule has 0 saturated heterocycles. The summed E-state index contributed by atoms with van der Waals surface area (Å²) in [6.07, 6.45) is 4.79. The molecule has 2 rings (SSSR count). The van der Waals surface area contributed by atoms with E-state index in [0.29, 0.717) is 17.1 Å². The van der Waals surface area contributed by atoms with E-state index in [1.807, 2.05) is 6.92 Å². The van der Waals surface area contributed by atoms with Crippen LogP contribution in [0.4, 0.5) is 5.13 Å². The lowest BCUT2D eigenvalue weighted by Gasteiger charge is -2.30. The second-order valence-corrected chi connectivity index (χ2v) is 7.64. The highest BCUT2D eigenvalue weighted by atomic mass is 32.2. The van der Waals surface area contributed by atoms with Crippen molar-refractivity contribution in [3.8, 4) is 0 Å². The Labute approximate surface area is 121 Å². The van der Waals surface area contributed by atoms with E-state index < -0.39 is 0 Å². The standard InChI is InChI=1S/C12H20N4OS2/c1-7-5-3-4-6-9(7)14-10(17)8(2)18-12-16-15-11(13)19-12/h7-9H,3-6H2,1-2H3,(H2,13,15)(H,14,17)/t7-,8-,9-/m0/s1. The van der Waals surface area contributed by atoms with Crippen LogP contribution in [0, 0.1) is 5.92 Å². The number of carbonyl (C=O) groups excluding carboxylic acids is 1. The van der Waals surface area contributed by atoms with Gasteiger partial charge in [-0.25, -0.2) is 0 Å². The second kappa shape index (κ2) is 6.56. The van der Waals surface area contributed by atoms with Gasteiger partial charge in [-0.1, -0.05) is 42.9 Å². The van der Waals surface area contributed by atoms with Crippen molar-refractivity contribution in [2.24, 2.45) is 5.92 Å². The minimum atomic E-state index is -0.165. The predicted octanol–water partition coefficient (Wildman–Crippen LogP) is 2.30. The number of hydrogen-bond donors (Lipinski definition) is 2. The normalized spacial score (nSPS) is 24.9. The molecule has 1 aliphatic rings. The Morgan fingerprint density at radius 2 is 2.21 bits per heavy atom. The number of anilines is 1. The van der Waals surface area contributed by atoms with Crippen molar-refractivity contribution in [1.82, 2.24) is 15.5 Å². The highest BCUT2D eigenvalue weighted by Gasteiger charge is 2.25. The SMILES string of the molecule is C[C@H](Sc1nnc(N)s1)C(=O)N[C@H]1CCCC[C@@H]1C. The third-order valence-electron chi connectivity index (χ3n) is 3.51. The fourth-order valence-corrected chi connectivity index (χ4v) is 4.09. The monoisotopic (exact) mass is 300 g/mol. The molecular weight excluding hydrogens is 280 g/mol. The number of carbonyl (C=O) groups is 1. The molecule has 19 heavy (non-hydrogen) atoms. The van der Waals surface area contributed by atoms with Crippen LogP contribution in [0.25, 0.3) is 0 Å². The van der Waals surface area contributed by atoms with Gasteiger partial charge in [0.1, 0.15) is 0 Å². The molecule has 1 saturated carbocycles. The summed E-state index contributed by atoms with van der Waals surface area (Å²) in [6, 6.07) is 0.323. The third kappa shape index (κ3) is 4.07. The first-order valence-corrected chi connectivity index (χ1v) is 8.32. The maximum Gasteiger partial charge on any atom is 0.233 e. The van der Waals surface area contributed by atoms with Crippen LogP contribution in [0.5, 0.6) is 0 Å². The summed E-state index contributed by atoms with van der Waals surface area (Å²) in [5.41, 5.74) is 5.53. The molecule has 3 atom stereocenters. The van der Waals surface area contributed by atoms with Crippen LogP contribution in [0.3, 0.4) is 0 Å². The van der Waals surface area contributed by atoms with Gasteiger partial charge in [0.05, 0.1) is 5.25 Å². The fourth-order valence-electron chi connectivity index (χ4n) is 2.30. The smallest absolute Gasteiger partial charge is 0.233 e. The molecule has 0 spiro atoms. The van der Waals surface area contributed by atoms with Crippen molar-refractivity contribution in [2.75, 3.05) is 5.73 Å². The molecule has 0 radical (unpaired) electrons. The molecule has 3 N–H and O–H groups in total. The van der Waals surface area contributed by atoms with E-state index in [1.54, 1.807) is 0 Å². The van der Waals surface area contributed by atoms with Gasteiger partial charge in [-0.05, 0) is 25.7 Å². The van der Waals surface area contributed by atoms with Crippen LogP contribution in [-0.4, -0.2) is 27.4 Å². The molecule has 0 bridgehead atoms. The minimum Gasteiger partial charge on any atom is -0.374 e. The number of nitrogen functional groups attached to an aromatic ring is 1. The largest absolute Gasteiger partial charge is 0.374 e. The van der Waals surface area contributed by atoms with Crippen molar-refractivity contribution in [2.45, 2.75) is 55.2 Å². The molecule has 0 aliphatic heterocycles.